The molecule has 2 rings (SSSR count). The van der Waals surface area contributed by atoms with Gasteiger partial charge in [0.2, 0.25) is 0 Å². The molecule has 0 spiro atoms. The van der Waals surface area contributed by atoms with E-state index in [0.29, 0.717) is 16.7 Å². The summed E-state index contributed by atoms with van der Waals surface area (Å²) in [6.45, 7) is 2.22. The van der Waals surface area contributed by atoms with Gasteiger partial charge in [0.05, 0.1) is 5.69 Å². The third kappa shape index (κ3) is 2.01. The Morgan fingerprint density at radius 1 is 1.64 bits per heavy atom. The first kappa shape index (κ1) is 9.40. The van der Waals surface area contributed by atoms with Gasteiger partial charge >= 0.3 is 0 Å². The summed E-state index contributed by atoms with van der Waals surface area (Å²) in [5, 5.41) is 3.33. The topological polar surface area (TPSA) is 50.9 Å². The maximum atomic E-state index is 5.50. The van der Waals surface area contributed by atoms with Crippen molar-refractivity contribution in [3.63, 3.8) is 0 Å². The summed E-state index contributed by atoms with van der Waals surface area (Å²) >= 11 is 4.86. The monoisotopic (exact) mass is 207 g/mol. The Kier molecular flexibility index (Phi) is 2.37. The van der Waals surface area contributed by atoms with E-state index in [2.05, 4.69) is 17.2 Å². The number of hydrogen-bond acceptors (Lipinski definition) is 3. The quantitative estimate of drug-likeness (QED) is 0.738. The molecule has 0 aromatic carbocycles. The lowest BCUT2D eigenvalue weighted by molar-refractivity contribution is 0.923. The number of rotatable bonds is 3. The van der Waals surface area contributed by atoms with Gasteiger partial charge in [0, 0.05) is 6.04 Å². The first-order valence-electron chi connectivity index (χ1n) is 4.70. The zero-order valence-corrected chi connectivity index (χ0v) is 8.84. The van der Waals surface area contributed by atoms with E-state index in [4.69, 9.17) is 18.0 Å². The molecule has 0 radical (unpaired) electrons. The molecule has 1 aromatic heterocycles. The van der Waals surface area contributed by atoms with E-state index in [-0.39, 0.29) is 0 Å². The SMILES string of the molecule is CC1CC1Nc1cccc(C(N)=S)n1. The van der Waals surface area contributed by atoms with E-state index >= 15 is 0 Å². The minimum absolute atomic E-state index is 0.345. The van der Waals surface area contributed by atoms with E-state index in [1.807, 2.05) is 18.2 Å². The molecule has 1 fully saturated rings. The fourth-order valence-electron chi connectivity index (χ4n) is 1.37. The van der Waals surface area contributed by atoms with Gasteiger partial charge in [-0.15, -0.1) is 0 Å². The standard InChI is InChI=1S/C10H13N3S/c1-6-5-8(6)13-9-4-2-3-7(12-9)10(11)14/h2-4,6,8H,5H2,1H3,(H2,11,14)(H,12,13). The number of hydrogen-bond donors (Lipinski definition) is 2. The highest BCUT2D eigenvalue weighted by molar-refractivity contribution is 7.80. The van der Waals surface area contributed by atoms with E-state index in [9.17, 15) is 0 Å². The van der Waals surface area contributed by atoms with Gasteiger partial charge in [-0.05, 0) is 24.5 Å². The molecular weight excluding hydrogens is 194 g/mol. The van der Waals surface area contributed by atoms with Crippen LogP contribution in [0.3, 0.4) is 0 Å². The molecule has 2 atom stereocenters. The number of thiocarbonyl (C=S) groups is 1. The number of anilines is 1. The molecule has 2 unspecified atom stereocenters. The van der Waals surface area contributed by atoms with E-state index in [0.717, 1.165) is 11.7 Å². The fourth-order valence-corrected chi connectivity index (χ4v) is 1.48. The van der Waals surface area contributed by atoms with Gasteiger partial charge in [0.15, 0.2) is 0 Å². The Labute approximate surface area is 88.7 Å². The predicted octanol–water partition coefficient (Wildman–Crippen LogP) is 1.54. The van der Waals surface area contributed by atoms with Gasteiger partial charge in [-0.1, -0.05) is 25.2 Å². The van der Waals surface area contributed by atoms with Crippen LogP contribution in [0.4, 0.5) is 5.82 Å². The van der Waals surface area contributed by atoms with Crippen molar-refractivity contribution in [1.29, 1.82) is 0 Å². The summed E-state index contributed by atoms with van der Waals surface area (Å²) in [5.74, 6) is 1.62. The molecule has 4 heteroatoms. The van der Waals surface area contributed by atoms with Crippen LogP contribution >= 0.6 is 12.2 Å². The summed E-state index contributed by atoms with van der Waals surface area (Å²) in [6.07, 6.45) is 1.22. The van der Waals surface area contributed by atoms with Gasteiger partial charge in [0.1, 0.15) is 10.8 Å². The van der Waals surface area contributed by atoms with E-state index in [1.165, 1.54) is 6.42 Å². The van der Waals surface area contributed by atoms with Gasteiger partial charge in [-0.2, -0.15) is 0 Å². The van der Waals surface area contributed by atoms with Crippen molar-refractivity contribution in [3.05, 3.63) is 23.9 Å². The number of nitrogens with zero attached hydrogens (tertiary/aromatic N) is 1. The second-order valence-electron chi connectivity index (χ2n) is 3.74. The molecule has 1 aromatic rings. The molecular formula is C10H13N3S. The maximum Gasteiger partial charge on any atom is 0.126 e. The lowest BCUT2D eigenvalue weighted by atomic mass is 10.3. The fraction of sp³-hybridized carbons (Fsp3) is 0.400. The smallest absolute Gasteiger partial charge is 0.126 e. The lowest BCUT2D eigenvalue weighted by Gasteiger charge is -2.05. The second-order valence-corrected chi connectivity index (χ2v) is 4.18. The van der Waals surface area contributed by atoms with Crippen LogP contribution in [0, 0.1) is 5.92 Å². The normalized spacial score (nSPS) is 24.4. The van der Waals surface area contributed by atoms with Crippen molar-refractivity contribution in [2.45, 2.75) is 19.4 Å². The van der Waals surface area contributed by atoms with Crippen LogP contribution in [0.15, 0.2) is 18.2 Å². The second kappa shape index (κ2) is 3.53. The maximum absolute atomic E-state index is 5.50. The molecule has 3 N–H and O–H groups in total. The zero-order chi connectivity index (χ0) is 10.1. The van der Waals surface area contributed by atoms with Crippen LogP contribution < -0.4 is 11.1 Å². The predicted molar refractivity (Wildman–Crippen MR) is 61.3 cm³/mol. The summed E-state index contributed by atoms with van der Waals surface area (Å²) in [4.78, 5) is 4.65. The van der Waals surface area contributed by atoms with Crippen LogP contribution in [0.5, 0.6) is 0 Å². The van der Waals surface area contributed by atoms with Crippen LogP contribution in [0.1, 0.15) is 19.0 Å². The average molecular weight is 207 g/mol. The van der Waals surface area contributed by atoms with Crippen LogP contribution in [-0.4, -0.2) is 16.0 Å². The lowest BCUT2D eigenvalue weighted by Crippen LogP contribution is -2.13. The van der Waals surface area contributed by atoms with E-state index < -0.39 is 0 Å². The molecule has 0 amide bonds. The van der Waals surface area contributed by atoms with Gasteiger partial charge in [-0.3, -0.25) is 0 Å². The van der Waals surface area contributed by atoms with Crippen molar-refractivity contribution >= 4 is 23.0 Å². The summed E-state index contributed by atoms with van der Waals surface area (Å²) in [5.41, 5.74) is 6.18. The minimum Gasteiger partial charge on any atom is -0.388 e. The Morgan fingerprint density at radius 3 is 2.93 bits per heavy atom. The van der Waals surface area contributed by atoms with Crippen LogP contribution in [-0.2, 0) is 0 Å². The molecule has 74 valence electrons. The molecule has 0 saturated heterocycles. The highest BCUT2D eigenvalue weighted by atomic mass is 32.1. The van der Waals surface area contributed by atoms with Gasteiger partial charge in [0.25, 0.3) is 0 Å². The molecule has 0 bridgehead atoms. The van der Waals surface area contributed by atoms with Crippen LogP contribution in [0.25, 0.3) is 0 Å². The first-order chi connectivity index (χ1) is 6.66. The summed E-state index contributed by atoms with van der Waals surface area (Å²) in [6, 6.07) is 6.25. The Morgan fingerprint density at radius 2 is 2.36 bits per heavy atom. The number of nitrogens with one attached hydrogen (secondary N) is 1. The van der Waals surface area contributed by atoms with Crippen molar-refractivity contribution in [2.24, 2.45) is 11.7 Å². The first-order valence-corrected chi connectivity index (χ1v) is 5.11. The molecule has 1 aliphatic carbocycles. The Hall–Kier alpha value is -1.16. The molecule has 1 saturated carbocycles. The number of aromatic nitrogens is 1. The third-order valence-electron chi connectivity index (χ3n) is 2.44. The highest BCUT2D eigenvalue weighted by Crippen LogP contribution is 2.31. The Bertz CT molecular complexity index is 364. The number of nitrogens with two attached hydrogens (primary N) is 1. The largest absolute Gasteiger partial charge is 0.388 e. The average Bonchev–Trinajstić information content (AvgIpc) is 2.82. The molecule has 3 nitrogen and oxygen atoms in total. The third-order valence-corrected chi connectivity index (χ3v) is 2.65. The van der Waals surface area contributed by atoms with Crippen molar-refractivity contribution in [1.82, 2.24) is 4.98 Å². The van der Waals surface area contributed by atoms with E-state index in [1.54, 1.807) is 0 Å². The van der Waals surface area contributed by atoms with Crippen molar-refractivity contribution in [3.8, 4) is 0 Å². The Balaban J connectivity index is 2.10. The van der Waals surface area contributed by atoms with Crippen LogP contribution in [0.2, 0.25) is 0 Å². The summed E-state index contributed by atoms with van der Waals surface area (Å²) < 4.78 is 0. The molecule has 0 aliphatic heterocycles. The molecule has 1 aliphatic rings. The molecule has 14 heavy (non-hydrogen) atoms. The molecule has 1 heterocycles. The van der Waals surface area contributed by atoms with Crippen molar-refractivity contribution < 1.29 is 0 Å². The number of pyridine rings is 1. The zero-order valence-electron chi connectivity index (χ0n) is 8.03. The highest BCUT2D eigenvalue weighted by Gasteiger charge is 2.32. The minimum atomic E-state index is 0.345. The van der Waals surface area contributed by atoms with Gasteiger partial charge < -0.3 is 11.1 Å². The van der Waals surface area contributed by atoms with Crippen molar-refractivity contribution in [2.75, 3.05) is 5.32 Å². The summed E-state index contributed by atoms with van der Waals surface area (Å²) in [7, 11) is 0. The van der Waals surface area contributed by atoms with Gasteiger partial charge in [-0.25, -0.2) is 4.98 Å².